The van der Waals surface area contributed by atoms with Crippen LogP contribution in [0.3, 0.4) is 0 Å². The highest BCUT2D eigenvalue weighted by Gasteiger charge is 2.14. The summed E-state index contributed by atoms with van der Waals surface area (Å²) in [5, 5.41) is 0.423. The number of methoxy groups -OCH3 is 1. The predicted octanol–water partition coefficient (Wildman–Crippen LogP) is 2.97. The average Bonchev–Trinajstić information content (AvgIpc) is 2.27. The molecule has 0 fully saturated rings. The molecule has 6 heteroatoms. The van der Waals surface area contributed by atoms with Crippen LogP contribution in [-0.2, 0) is 10.1 Å². The summed E-state index contributed by atoms with van der Waals surface area (Å²) in [7, 11) is 1.22. The average molecular weight is 295 g/mol. The summed E-state index contributed by atoms with van der Waals surface area (Å²) in [6, 6.07) is 4.13. The second kappa shape index (κ2) is 5.79. The van der Waals surface area contributed by atoms with E-state index in [0.717, 1.165) is 0 Å². The van der Waals surface area contributed by atoms with Gasteiger partial charge in [-0.15, -0.1) is 0 Å². The first-order chi connectivity index (χ1) is 7.58. The Hall–Kier alpha value is -1.17. The third kappa shape index (κ3) is 3.16. The summed E-state index contributed by atoms with van der Waals surface area (Å²) in [5.41, 5.74) is 0.853. The number of hydrogen-bond acceptors (Lipinski definition) is 3. The molecule has 0 aromatic heterocycles. The molecule has 0 saturated carbocycles. The van der Waals surface area contributed by atoms with Crippen molar-refractivity contribution in [3.05, 3.63) is 29.3 Å². The molecule has 16 heavy (non-hydrogen) atoms. The van der Waals surface area contributed by atoms with E-state index < -0.39 is 12.6 Å². The number of ether oxygens (including phenoxy) is 2. The number of halogens is 3. The van der Waals surface area contributed by atoms with Gasteiger partial charge >= 0.3 is 12.6 Å². The lowest BCUT2D eigenvalue weighted by molar-refractivity contribution is -0.0499. The molecule has 0 unspecified atom stereocenters. The summed E-state index contributed by atoms with van der Waals surface area (Å²) < 4.78 is 32.7. The third-order valence-corrected chi connectivity index (χ3v) is 2.46. The van der Waals surface area contributed by atoms with Crippen molar-refractivity contribution in [2.75, 3.05) is 7.11 Å². The fourth-order valence-electron chi connectivity index (χ4n) is 1.15. The van der Waals surface area contributed by atoms with Gasteiger partial charge in [0, 0.05) is 5.33 Å². The number of carbonyl (C=O) groups excluding carboxylic acids is 1. The van der Waals surface area contributed by atoms with E-state index in [1.54, 1.807) is 0 Å². The molecule has 0 radical (unpaired) electrons. The Labute approximate surface area is 99.5 Å². The molecular formula is C10H9BrF2O3. The maximum Gasteiger partial charge on any atom is 0.387 e. The second-order valence-electron chi connectivity index (χ2n) is 2.82. The minimum Gasteiger partial charge on any atom is -0.465 e. The lowest BCUT2D eigenvalue weighted by Crippen LogP contribution is -2.07. The van der Waals surface area contributed by atoms with E-state index in [9.17, 15) is 13.6 Å². The van der Waals surface area contributed by atoms with Crippen LogP contribution >= 0.6 is 15.9 Å². The van der Waals surface area contributed by atoms with Crippen molar-refractivity contribution in [2.24, 2.45) is 0 Å². The van der Waals surface area contributed by atoms with Gasteiger partial charge in [0.15, 0.2) is 0 Å². The number of alkyl halides is 3. The van der Waals surface area contributed by atoms with Crippen LogP contribution in [0, 0.1) is 0 Å². The smallest absolute Gasteiger partial charge is 0.387 e. The van der Waals surface area contributed by atoms with E-state index in [1.807, 2.05) is 0 Å². The molecule has 0 heterocycles. The molecule has 0 amide bonds. The summed E-state index contributed by atoms with van der Waals surface area (Å²) in [4.78, 5) is 11.3. The van der Waals surface area contributed by atoms with Crippen molar-refractivity contribution in [3.63, 3.8) is 0 Å². The van der Waals surface area contributed by atoms with Crippen LogP contribution in [0.15, 0.2) is 18.2 Å². The van der Waals surface area contributed by atoms with Gasteiger partial charge in [0.1, 0.15) is 5.75 Å². The SMILES string of the molecule is COC(=O)c1cc(OC(F)F)ccc1CBr. The summed E-state index contributed by atoms with van der Waals surface area (Å²) in [5.74, 6) is -0.658. The van der Waals surface area contributed by atoms with E-state index >= 15 is 0 Å². The first-order valence-corrected chi connectivity index (χ1v) is 5.42. The number of rotatable bonds is 4. The Morgan fingerprint density at radius 2 is 2.19 bits per heavy atom. The molecule has 1 aromatic carbocycles. The number of esters is 1. The van der Waals surface area contributed by atoms with Gasteiger partial charge in [0.05, 0.1) is 12.7 Å². The molecule has 0 aliphatic carbocycles. The van der Waals surface area contributed by atoms with Crippen LogP contribution in [-0.4, -0.2) is 19.7 Å². The number of hydrogen-bond donors (Lipinski definition) is 0. The molecule has 1 rings (SSSR count). The van der Waals surface area contributed by atoms with Crippen molar-refractivity contribution in [3.8, 4) is 5.75 Å². The topological polar surface area (TPSA) is 35.5 Å². The highest BCUT2D eigenvalue weighted by molar-refractivity contribution is 9.08. The predicted molar refractivity (Wildman–Crippen MR) is 57.0 cm³/mol. The van der Waals surface area contributed by atoms with Gasteiger partial charge < -0.3 is 9.47 Å². The molecule has 88 valence electrons. The maximum atomic E-state index is 12.0. The molecule has 1 aromatic rings. The first kappa shape index (κ1) is 12.9. The standard InChI is InChI=1S/C10H9BrF2O3/c1-15-9(14)8-4-7(16-10(12)13)3-2-6(8)5-11/h2-4,10H,5H2,1H3. The zero-order valence-electron chi connectivity index (χ0n) is 8.38. The van der Waals surface area contributed by atoms with E-state index in [0.29, 0.717) is 10.9 Å². The van der Waals surface area contributed by atoms with Crippen molar-refractivity contribution in [1.29, 1.82) is 0 Å². The Kier molecular flexibility index (Phi) is 4.67. The first-order valence-electron chi connectivity index (χ1n) is 4.30. The lowest BCUT2D eigenvalue weighted by atomic mass is 10.1. The molecule has 0 N–H and O–H groups in total. The van der Waals surface area contributed by atoms with Crippen LogP contribution < -0.4 is 4.74 Å². The van der Waals surface area contributed by atoms with E-state index in [2.05, 4.69) is 25.4 Å². The van der Waals surface area contributed by atoms with Crippen molar-refractivity contribution in [2.45, 2.75) is 11.9 Å². The highest BCUT2D eigenvalue weighted by atomic mass is 79.9. The molecule has 0 atom stereocenters. The normalized spacial score (nSPS) is 10.3. The van der Waals surface area contributed by atoms with Gasteiger partial charge in [-0.3, -0.25) is 0 Å². The maximum absolute atomic E-state index is 12.0. The van der Waals surface area contributed by atoms with Crippen LogP contribution in [0.4, 0.5) is 8.78 Å². The second-order valence-corrected chi connectivity index (χ2v) is 3.38. The molecule has 0 bridgehead atoms. The Bertz CT molecular complexity index is 382. The molecular weight excluding hydrogens is 286 g/mol. The molecule has 0 aliphatic heterocycles. The van der Waals surface area contributed by atoms with Gasteiger partial charge in [0.2, 0.25) is 0 Å². The summed E-state index contributed by atoms with van der Waals surface area (Å²) in [6.45, 7) is -2.92. The monoisotopic (exact) mass is 294 g/mol. The minimum absolute atomic E-state index is 0.0694. The van der Waals surface area contributed by atoms with Crippen molar-refractivity contribution >= 4 is 21.9 Å². The van der Waals surface area contributed by atoms with Crippen LogP contribution in [0.2, 0.25) is 0 Å². The largest absolute Gasteiger partial charge is 0.465 e. The Morgan fingerprint density at radius 3 is 2.69 bits per heavy atom. The van der Waals surface area contributed by atoms with Crippen LogP contribution in [0.1, 0.15) is 15.9 Å². The van der Waals surface area contributed by atoms with Crippen LogP contribution in [0.5, 0.6) is 5.75 Å². The Morgan fingerprint density at radius 1 is 1.50 bits per heavy atom. The third-order valence-electron chi connectivity index (χ3n) is 1.86. The molecule has 0 saturated heterocycles. The van der Waals surface area contributed by atoms with Crippen molar-refractivity contribution < 1.29 is 23.0 Å². The van der Waals surface area contributed by atoms with E-state index in [4.69, 9.17) is 0 Å². The molecule has 0 aliphatic rings. The molecule has 0 spiro atoms. The van der Waals surface area contributed by atoms with Gasteiger partial charge in [-0.1, -0.05) is 22.0 Å². The summed E-state index contributed by atoms with van der Waals surface area (Å²) >= 11 is 3.18. The number of benzene rings is 1. The summed E-state index contributed by atoms with van der Waals surface area (Å²) in [6.07, 6.45) is 0. The Balaban J connectivity index is 3.06. The number of carbonyl (C=O) groups is 1. The zero-order chi connectivity index (χ0) is 12.1. The van der Waals surface area contributed by atoms with Gasteiger partial charge in [-0.25, -0.2) is 4.79 Å². The van der Waals surface area contributed by atoms with Gasteiger partial charge in [-0.05, 0) is 17.7 Å². The zero-order valence-corrected chi connectivity index (χ0v) is 9.96. The van der Waals surface area contributed by atoms with Gasteiger partial charge in [-0.2, -0.15) is 8.78 Å². The lowest BCUT2D eigenvalue weighted by Gasteiger charge is -2.09. The quantitative estimate of drug-likeness (QED) is 0.633. The van der Waals surface area contributed by atoms with Crippen molar-refractivity contribution in [1.82, 2.24) is 0 Å². The minimum atomic E-state index is -2.92. The molecule has 3 nitrogen and oxygen atoms in total. The van der Waals surface area contributed by atoms with Gasteiger partial charge in [0.25, 0.3) is 0 Å². The van der Waals surface area contributed by atoms with Crippen LogP contribution in [0.25, 0.3) is 0 Å². The highest BCUT2D eigenvalue weighted by Crippen LogP contribution is 2.22. The van der Waals surface area contributed by atoms with E-state index in [1.165, 1.54) is 25.3 Å². The fraction of sp³-hybridized carbons (Fsp3) is 0.300. The van der Waals surface area contributed by atoms with E-state index in [-0.39, 0.29) is 11.3 Å². The fourth-order valence-corrected chi connectivity index (χ4v) is 1.64.